The predicted molar refractivity (Wildman–Crippen MR) is 130 cm³/mol. The molecule has 0 saturated heterocycles. The van der Waals surface area contributed by atoms with Crippen molar-refractivity contribution < 1.29 is 23.6 Å². The monoisotopic (exact) mass is 458 g/mol. The van der Waals surface area contributed by atoms with Crippen LogP contribution in [0, 0.1) is 25.2 Å². The first-order valence-electron chi connectivity index (χ1n) is 10.8. The van der Waals surface area contributed by atoms with Gasteiger partial charge in [-0.2, -0.15) is 0 Å². The predicted octanol–water partition coefficient (Wildman–Crippen LogP) is 6.74. The second kappa shape index (κ2) is 10.0. The number of carbonyl (C=O) groups excluding carboxylic acids is 2. The maximum absolute atomic E-state index is 14.5. The third-order valence-electron chi connectivity index (χ3n) is 5.52. The van der Waals surface area contributed by atoms with Crippen LogP contribution in [0.15, 0.2) is 36.4 Å². The van der Waals surface area contributed by atoms with Gasteiger partial charge in [0.1, 0.15) is 11.5 Å². The van der Waals surface area contributed by atoms with Gasteiger partial charge in [0, 0.05) is 17.8 Å². The molecule has 0 radical (unpaired) electrons. The second-order valence-electron chi connectivity index (χ2n) is 9.74. The summed E-state index contributed by atoms with van der Waals surface area (Å²) in [5.74, 6) is 0.671. The standard InChI is InChI=1S/C26H35O5P/c1-17(15-26(4,5)6)16-32(29,25(28)23-18(2)10-9-11-19(23)3)24(27)21-13-12-20(30-7)14-22(21)31-8/h9-14,17H,15-16H2,1-8H3. The molecule has 2 aromatic rings. The summed E-state index contributed by atoms with van der Waals surface area (Å²) in [6, 6.07) is 10.2. The molecule has 6 heteroatoms. The SMILES string of the molecule is COc1ccc(C(=O)P(=O)(CC(C)CC(C)(C)C)C(=O)c2c(C)cccc2C)c(OC)c1. The third-order valence-corrected chi connectivity index (χ3v) is 8.43. The molecule has 5 nitrogen and oxygen atoms in total. The van der Waals surface area contributed by atoms with Gasteiger partial charge in [-0.3, -0.25) is 9.59 Å². The summed E-state index contributed by atoms with van der Waals surface area (Å²) in [6.07, 6.45) is 0.759. The van der Waals surface area contributed by atoms with Crippen LogP contribution in [0.2, 0.25) is 0 Å². The number of hydrogen-bond donors (Lipinski definition) is 0. The smallest absolute Gasteiger partial charge is 0.232 e. The van der Waals surface area contributed by atoms with Crippen LogP contribution in [0.25, 0.3) is 0 Å². The van der Waals surface area contributed by atoms with Crippen LogP contribution >= 0.6 is 7.14 Å². The Kier molecular flexibility index (Phi) is 8.12. The lowest BCUT2D eigenvalue weighted by Crippen LogP contribution is -2.21. The normalized spacial score (nSPS) is 14.4. The van der Waals surface area contributed by atoms with Crippen molar-refractivity contribution in [2.75, 3.05) is 20.4 Å². The number of benzene rings is 2. The van der Waals surface area contributed by atoms with E-state index in [2.05, 4.69) is 20.8 Å². The fourth-order valence-electron chi connectivity index (χ4n) is 4.31. The fraction of sp³-hybridized carbons (Fsp3) is 0.462. The van der Waals surface area contributed by atoms with Crippen molar-refractivity contribution in [3.05, 3.63) is 58.7 Å². The van der Waals surface area contributed by atoms with E-state index in [1.54, 1.807) is 12.1 Å². The van der Waals surface area contributed by atoms with Crippen molar-refractivity contribution in [1.82, 2.24) is 0 Å². The summed E-state index contributed by atoms with van der Waals surface area (Å²) >= 11 is 0. The van der Waals surface area contributed by atoms with Crippen molar-refractivity contribution in [3.63, 3.8) is 0 Å². The second-order valence-corrected chi connectivity index (χ2v) is 12.4. The van der Waals surface area contributed by atoms with Crippen molar-refractivity contribution in [3.8, 4) is 11.5 Å². The van der Waals surface area contributed by atoms with Crippen LogP contribution in [-0.2, 0) is 4.57 Å². The Bertz CT molecular complexity index is 1030. The molecule has 0 spiro atoms. The molecule has 0 aliphatic rings. The van der Waals surface area contributed by atoms with Crippen molar-refractivity contribution >= 4 is 18.2 Å². The molecule has 0 N–H and O–H groups in total. The third kappa shape index (κ3) is 5.69. The van der Waals surface area contributed by atoms with Gasteiger partial charge in [0.15, 0.2) is 0 Å². The number of carbonyl (C=O) groups is 2. The van der Waals surface area contributed by atoms with E-state index in [9.17, 15) is 14.2 Å². The first-order valence-corrected chi connectivity index (χ1v) is 12.7. The maximum Gasteiger partial charge on any atom is 0.232 e. The van der Waals surface area contributed by atoms with Crippen molar-refractivity contribution in [2.45, 2.75) is 48.0 Å². The topological polar surface area (TPSA) is 69.7 Å². The van der Waals surface area contributed by atoms with Crippen molar-refractivity contribution in [2.24, 2.45) is 11.3 Å². The van der Waals surface area contributed by atoms with Crippen LogP contribution in [-0.4, -0.2) is 31.4 Å². The highest BCUT2D eigenvalue weighted by atomic mass is 31.2. The summed E-state index contributed by atoms with van der Waals surface area (Å²) in [4.78, 5) is 27.6. The molecule has 0 fully saturated rings. The molecular formula is C26H35O5P. The Labute approximate surface area is 191 Å². The first-order chi connectivity index (χ1) is 14.8. The van der Waals surface area contributed by atoms with E-state index in [0.717, 1.165) is 6.42 Å². The Balaban J connectivity index is 2.64. The first kappa shape index (κ1) is 25.9. The number of rotatable bonds is 9. The Morgan fingerprint density at radius 3 is 2.06 bits per heavy atom. The van der Waals surface area contributed by atoms with Crippen LogP contribution < -0.4 is 9.47 Å². The van der Waals surface area contributed by atoms with E-state index < -0.39 is 18.2 Å². The molecule has 0 aliphatic heterocycles. The highest BCUT2D eigenvalue weighted by Crippen LogP contribution is 2.56. The van der Waals surface area contributed by atoms with Gasteiger partial charge in [-0.15, -0.1) is 0 Å². The van der Waals surface area contributed by atoms with Gasteiger partial charge in [0.05, 0.1) is 19.8 Å². The Morgan fingerprint density at radius 2 is 1.56 bits per heavy atom. The zero-order valence-electron chi connectivity index (χ0n) is 20.4. The lowest BCUT2D eigenvalue weighted by molar-refractivity contribution is 0.103. The average Bonchev–Trinajstić information content (AvgIpc) is 2.70. The van der Waals surface area contributed by atoms with Crippen LogP contribution in [0.1, 0.15) is 66.0 Å². The van der Waals surface area contributed by atoms with Crippen LogP contribution in [0.4, 0.5) is 0 Å². The van der Waals surface area contributed by atoms with Gasteiger partial charge in [-0.1, -0.05) is 45.9 Å². The van der Waals surface area contributed by atoms with E-state index in [1.807, 2.05) is 39.0 Å². The number of aryl methyl sites for hydroxylation is 2. The minimum Gasteiger partial charge on any atom is -0.497 e. The van der Waals surface area contributed by atoms with Gasteiger partial charge < -0.3 is 14.0 Å². The quantitative estimate of drug-likeness (QED) is 0.389. The van der Waals surface area contributed by atoms with Gasteiger partial charge in [0.2, 0.25) is 18.2 Å². The van der Waals surface area contributed by atoms with E-state index in [-0.39, 0.29) is 28.8 Å². The van der Waals surface area contributed by atoms with E-state index in [1.165, 1.54) is 20.3 Å². The molecule has 0 amide bonds. The molecule has 0 heterocycles. The summed E-state index contributed by atoms with van der Waals surface area (Å²) < 4.78 is 25.1. The largest absolute Gasteiger partial charge is 0.497 e. The molecule has 2 aromatic carbocycles. The van der Waals surface area contributed by atoms with E-state index >= 15 is 0 Å². The lowest BCUT2D eigenvalue weighted by atomic mass is 9.86. The average molecular weight is 459 g/mol. The van der Waals surface area contributed by atoms with Gasteiger partial charge in [-0.25, -0.2) is 0 Å². The van der Waals surface area contributed by atoms with Gasteiger partial charge >= 0.3 is 0 Å². The minimum atomic E-state index is -4.00. The van der Waals surface area contributed by atoms with E-state index in [0.29, 0.717) is 22.4 Å². The molecule has 0 aliphatic carbocycles. The Morgan fingerprint density at radius 1 is 0.969 bits per heavy atom. The molecule has 2 rings (SSSR count). The molecular weight excluding hydrogens is 423 g/mol. The number of methoxy groups -OCH3 is 2. The molecule has 174 valence electrons. The highest BCUT2D eigenvalue weighted by molar-refractivity contribution is 7.95. The zero-order chi connectivity index (χ0) is 24.3. The molecule has 2 atom stereocenters. The fourth-order valence-corrected chi connectivity index (χ4v) is 7.12. The summed E-state index contributed by atoms with van der Waals surface area (Å²) in [5.41, 5.74) is 0.689. The van der Waals surface area contributed by atoms with Gasteiger partial charge in [0.25, 0.3) is 0 Å². The molecule has 0 bridgehead atoms. The van der Waals surface area contributed by atoms with Crippen LogP contribution in [0.5, 0.6) is 11.5 Å². The van der Waals surface area contributed by atoms with E-state index in [4.69, 9.17) is 9.47 Å². The maximum atomic E-state index is 14.5. The minimum absolute atomic E-state index is 0.0187. The summed E-state index contributed by atoms with van der Waals surface area (Å²) in [7, 11) is -1.05. The Hall–Kier alpha value is -2.39. The number of ether oxygens (including phenoxy) is 2. The summed E-state index contributed by atoms with van der Waals surface area (Å²) in [6.45, 7) is 11.8. The lowest BCUT2D eigenvalue weighted by Gasteiger charge is -2.27. The molecule has 32 heavy (non-hydrogen) atoms. The number of hydrogen-bond acceptors (Lipinski definition) is 5. The zero-order valence-corrected chi connectivity index (χ0v) is 21.3. The molecule has 0 saturated carbocycles. The van der Waals surface area contributed by atoms with Crippen molar-refractivity contribution in [1.29, 1.82) is 0 Å². The molecule has 2 unspecified atom stereocenters. The van der Waals surface area contributed by atoms with Gasteiger partial charge in [-0.05, 0) is 54.9 Å². The molecule has 0 aromatic heterocycles. The van der Waals surface area contributed by atoms with Crippen LogP contribution in [0.3, 0.4) is 0 Å². The summed E-state index contributed by atoms with van der Waals surface area (Å²) in [5, 5.41) is 0. The highest BCUT2D eigenvalue weighted by Gasteiger charge is 2.44.